The number of hydrogen-bond donors (Lipinski definition) is 1. The standard InChI is InChI=1S/C23H18BrNO/c24-16-11-8-15(9-12-16)21-22-17-5-2-1-4-14(17)10-13-19(22)25-18-6-3-7-20(26)23(18)21/h1-2,4-5,8-13,21,25H,3,6-7H2. The first-order valence-corrected chi connectivity index (χ1v) is 9.82. The minimum Gasteiger partial charge on any atom is -0.358 e. The van der Waals surface area contributed by atoms with Crippen LogP contribution in [0.1, 0.15) is 36.3 Å². The Morgan fingerprint density at radius 1 is 0.923 bits per heavy atom. The number of ketones is 1. The minimum atomic E-state index is -0.00625. The molecule has 3 heteroatoms. The smallest absolute Gasteiger partial charge is 0.161 e. The molecule has 1 atom stereocenters. The van der Waals surface area contributed by atoms with Crippen molar-refractivity contribution in [3.05, 3.63) is 87.5 Å². The first-order valence-electron chi connectivity index (χ1n) is 9.03. The van der Waals surface area contributed by atoms with Crippen LogP contribution in [0, 0.1) is 0 Å². The number of rotatable bonds is 1. The van der Waals surface area contributed by atoms with Crippen molar-refractivity contribution in [3.8, 4) is 0 Å². The van der Waals surface area contributed by atoms with Gasteiger partial charge in [0, 0.05) is 33.8 Å². The number of carbonyl (C=O) groups is 1. The van der Waals surface area contributed by atoms with Crippen molar-refractivity contribution in [2.75, 3.05) is 5.32 Å². The molecule has 1 aliphatic carbocycles. The lowest BCUT2D eigenvalue weighted by Crippen LogP contribution is -2.27. The van der Waals surface area contributed by atoms with E-state index in [1.54, 1.807) is 0 Å². The molecule has 0 fully saturated rings. The molecule has 0 saturated carbocycles. The summed E-state index contributed by atoms with van der Waals surface area (Å²) in [7, 11) is 0. The number of fused-ring (bicyclic) bond motifs is 3. The molecule has 0 bridgehead atoms. The van der Waals surface area contributed by atoms with Gasteiger partial charge in [0.2, 0.25) is 0 Å². The van der Waals surface area contributed by atoms with Crippen LogP contribution in [0.2, 0.25) is 0 Å². The highest BCUT2D eigenvalue weighted by Crippen LogP contribution is 2.47. The van der Waals surface area contributed by atoms with Gasteiger partial charge in [-0.2, -0.15) is 0 Å². The third-order valence-electron chi connectivity index (χ3n) is 5.49. The quantitative estimate of drug-likeness (QED) is 0.526. The molecule has 0 amide bonds. The zero-order chi connectivity index (χ0) is 17.7. The van der Waals surface area contributed by atoms with Gasteiger partial charge < -0.3 is 5.32 Å². The summed E-state index contributed by atoms with van der Waals surface area (Å²) in [5.74, 6) is 0.276. The molecule has 1 unspecified atom stereocenters. The highest BCUT2D eigenvalue weighted by molar-refractivity contribution is 9.10. The molecule has 0 radical (unpaired) electrons. The average molecular weight is 404 g/mol. The lowest BCUT2D eigenvalue weighted by Gasteiger charge is -2.35. The van der Waals surface area contributed by atoms with Crippen molar-refractivity contribution in [1.29, 1.82) is 0 Å². The zero-order valence-electron chi connectivity index (χ0n) is 14.3. The molecular formula is C23H18BrNO. The first-order chi connectivity index (χ1) is 12.7. The second-order valence-corrected chi connectivity index (χ2v) is 7.94. The van der Waals surface area contributed by atoms with Gasteiger partial charge in [-0.25, -0.2) is 0 Å². The molecule has 2 nitrogen and oxygen atoms in total. The van der Waals surface area contributed by atoms with Gasteiger partial charge in [-0.15, -0.1) is 0 Å². The van der Waals surface area contributed by atoms with Gasteiger partial charge in [-0.3, -0.25) is 4.79 Å². The third-order valence-corrected chi connectivity index (χ3v) is 6.02. The molecule has 128 valence electrons. The lowest BCUT2D eigenvalue weighted by atomic mass is 9.74. The number of hydrogen-bond acceptors (Lipinski definition) is 2. The number of Topliss-reactive ketones (excluding diaryl/α,β-unsaturated/α-hetero) is 1. The normalized spacial score (nSPS) is 19.1. The van der Waals surface area contributed by atoms with Crippen LogP contribution >= 0.6 is 15.9 Å². The summed E-state index contributed by atoms with van der Waals surface area (Å²) in [4.78, 5) is 12.9. The Kier molecular flexibility index (Phi) is 3.71. The summed E-state index contributed by atoms with van der Waals surface area (Å²) in [5.41, 5.74) is 5.60. The molecule has 1 N–H and O–H groups in total. The molecule has 0 aromatic heterocycles. The van der Waals surface area contributed by atoms with E-state index in [-0.39, 0.29) is 11.7 Å². The fourth-order valence-corrected chi connectivity index (χ4v) is 4.60. The maximum Gasteiger partial charge on any atom is 0.161 e. The summed E-state index contributed by atoms with van der Waals surface area (Å²) in [6, 6.07) is 21.2. The Bertz CT molecular complexity index is 1070. The van der Waals surface area contributed by atoms with Crippen molar-refractivity contribution >= 4 is 38.2 Å². The highest BCUT2D eigenvalue weighted by Gasteiger charge is 2.35. The van der Waals surface area contributed by atoms with Crippen LogP contribution < -0.4 is 5.32 Å². The van der Waals surface area contributed by atoms with Gasteiger partial charge >= 0.3 is 0 Å². The number of benzene rings is 3. The largest absolute Gasteiger partial charge is 0.358 e. The molecule has 5 rings (SSSR count). The predicted molar refractivity (Wildman–Crippen MR) is 109 cm³/mol. The molecule has 1 aliphatic heterocycles. The van der Waals surface area contributed by atoms with E-state index in [1.165, 1.54) is 21.9 Å². The molecule has 3 aromatic carbocycles. The lowest BCUT2D eigenvalue weighted by molar-refractivity contribution is -0.116. The van der Waals surface area contributed by atoms with Crippen molar-refractivity contribution < 1.29 is 4.79 Å². The molecule has 1 heterocycles. The minimum absolute atomic E-state index is 0.00625. The zero-order valence-corrected chi connectivity index (χ0v) is 15.8. The molecule has 3 aromatic rings. The molecule has 2 aliphatic rings. The van der Waals surface area contributed by atoms with E-state index in [0.29, 0.717) is 6.42 Å². The molecule has 26 heavy (non-hydrogen) atoms. The maximum absolute atomic E-state index is 12.9. The Labute approximate surface area is 161 Å². The van der Waals surface area contributed by atoms with E-state index < -0.39 is 0 Å². The second-order valence-electron chi connectivity index (χ2n) is 7.03. The van der Waals surface area contributed by atoms with Crippen LogP contribution in [0.3, 0.4) is 0 Å². The average Bonchev–Trinajstić information content (AvgIpc) is 2.67. The Balaban J connectivity index is 1.83. The molecule has 0 saturated heterocycles. The fourth-order valence-electron chi connectivity index (χ4n) is 4.34. The van der Waals surface area contributed by atoms with Crippen LogP contribution in [0.15, 0.2) is 76.4 Å². The van der Waals surface area contributed by atoms with Crippen molar-refractivity contribution in [2.24, 2.45) is 0 Å². The Hall–Kier alpha value is -2.39. The van der Waals surface area contributed by atoms with E-state index in [1.807, 2.05) is 0 Å². The summed E-state index contributed by atoms with van der Waals surface area (Å²) in [5, 5.41) is 6.01. The predicted octanol–water partition coefficient (Wildman–Crippen LogP) is 6.17. The fraction of sp³-hybridized carbons (Fsp3) is 0.174. The number of carbonyl (C=O) groups excluding carboxylic acids is 1. The maximum atomic E-state index is 12.9. The van der Waals surface area contributed by atoms with Gasteiger partial charge in [0.25, 0.3) is 0 Å². The van der Waals surface area contributed by atoms with Crippen LogP contribution in [0.25, 0.3) is 10.8 Å². The Morgan fingerprint density at radius 2 is 1.73 bits per heavy atom. The topological polar surface area (TPSA) is 29.1 Å². The van der Waals surface area contributed by atoms with E-state index in [2.05, 4.69) is 81.9 Å². The highest BCUT2D eigenvalue weighted by atomic mass is 79.9. The monoisotopic (exact) mass is 403 g/mol. The SMILES string of the molecule is O=C1CCCC2=C1C(c1ccc(Br)cc1)c1c(ccc3ccccc13)N2. The van der Waals surface area contributed by atoms with E-state index in [4.69, 9.17) is 0 Å². The summed E-state index contributed by atoms with van der Waals surface area (Å²) in [6.45, 7) is 0. The number of allylic oxidation sites excluding steroid dienone is 2. The van der Waals surface area contributed by atoms with Gasteiger partial charge in [0.05, 0.1) is 0 Å². The molecular weight excluding hydrogens is 386 g/mol. The third kappa shape index (κ3) is 2.42. The van der Waals surface area contributed by atoms with Gasteiger partial charge in [0.1, 0.15) is 0 Å². The van der Waals surface area contributed by atoms with Crippen molar-refractivity contribution in [1.82, 2.24) is 0 Å². The van der Waals surface area contributed by atoms with Crippen LogP contribution in [0.5, 0.6) is 0 Å². The van der Waals surface area contributed by atoms with Crippen molar-refractivity contribution in [2.45, 2.75) is 25.2 Å². The summed E-state index contributed by atoms with van der Waals surface area (Å²) in [6.07, 6.45) is 2.52. The van der Waals surface area contributed by atoms with E-state index in [0.717, 1.165) is 34.3 Å². The number of anilines is 1. The van der Waals surface area contributed by atoms with Gasteiger partial charge in [0.15, 0.2) is 5.78 Å². The van der Waals surface area contributed by atoms with Gasteiger partial charge in [-0.1, -0.05) is 58.4 Å². The van der Waals surface area contributed by atoms with E-state index in [9.17, 15) is 4.79 Å². The summed E-state index contributed by atoms with van der Waals surface area (Å²) >= 11 is 3.53. The van der Waals surface area contributed by atoms with Crippen LogP contribution in [-0.4, -0.2) is 5.78 Å². The number of nitrogens with one attached hydrogen (secondary N) is 1. The summed E-state index contributed by atoms with van der Waals surface area (Å²) < 4.78 is 1.05. The second kappa shape index (κ2) is 6.10. The van der Waals surface area contributed by atoms with Crippen LogP contribution in [0.4, 0.5) is 5.69 Å². The van der Waals surface area contributed by atoms with Crippen molar-refractivity contribution in [3.63, 3.8) is 0 Å². The number of halogens is 1. The van der Waals surface area contributed by atoms with E-state index >= 15 is 0 Å². The van der Waals surface area contributed by atoms with Crippen LogP contribution in [-0.2, 0) is 4.79 Å². The Morgan fingerprint density at radius 3 is 2.58 bits per heavy atom. The van der Waals surface area contributed by atoms with Gasteiger partial charge in [-0.05, 0) is 52.9 Å². The first kappa shape index (κ1) is 15.8. The molecule has 0 spiro atoms.